The Bertz CT molecular complexity index is 505. The Hall–Kier alpha value is -2.48. The van der Waals surface area contributed by atoms with Gasteiger partial charge in [-0.1, -0.05) is 43.5 Å². The minimum absolute atomic E-state index is 0.413. The Morgan fingerprint density at radius 1 is 1.00 bits per heavy atom. The lowest BCUT2D eigenvalue weighted by Gasteiger charge is -2.21. The lowest BCUT2D eigenvalue weighted by molar-refractivity contribution is 0.212. The number of hydrogen-bond donors (Lipinski definition) is 0. The monoisotopic (exact) mass is 270 g/mol. The van der Waals surface area contributed by atoms with E-state index >= 15 is 0 Å². The van der Waals surface area contributed by atoms with E-state index in [1.165, 1.54) is 0 Å². The third-order valence-corrected chi connectivity index (χ3v) is 4.75. The zero-order valence-electron chi connectivity index (χ0n) is 10.7. The summed E-state index contributed by atoms with van der Waals surface area (Å²) >= 11 is 0. The van der Waals surface area contributed by atoms with Crippen molar-refractivity contribution in [3.05, 3.63) is 35.4 Å². The summed E-state index contributed by atoms with van der Waals surface area (Å²) in [5.74, 6) is 0. The molecule has 1 rings (SSSR count). The normalized spacial score (nSPS) is 9.58. The zero-order chi connectivity index (χ0) is 14.1. The highest BCUT2D eigenvalue weighted by Crippen LogP contribution is 2.19. The minimum atomic E-state index is -3.21. The molecule has 0 unspecified atom stereocenters. The molecule has 0 aliphatic rings. The SMILES string of the molecule is C#CO[Si](CCc1ccccc1C)(OC#C)OC#C. The van der Waals surface area contributed by atoms with Crippen LogP contribution < -0.4 is 0 Å². The molecule has 4 heteroatoms. The van der Waals surface area contributed by atoms with Crippen LogP contribution >= 0.6 is 0 Å². The standard InChI is InChI=1S/C15H14O3Si/c1-5-16-19(17-6-2,18-7-3)13-12-15-11-9-8-10-14(15)4/h1-3,8-11H,12-13H2,4H3. The van der Waals surface area contributed by atoms with E-state index in [1.807, 2.05) is 49.5 Å². The van der Waals surface area contributed by atoms with E-state index < -0.39 is 8.80 Å². The molecule has 0 fully saturated rings. The van der Waals surface area contributed by atoms with Gasteiger partial charge in [0.05, 0.1) is 24.4 Å². The molecule has 0 saturated heterocycles. The van der Waals surface area contributed by atoms with Crippen LogP contribution in [0.25, 0.3) is 0 Å². The molecule has 0 aliphatic heterocycles. The van der Waals surface area contributed by atoms with Gasteiger partial charge in [0.25, 0.3) is 0 Å². The van der Waals surface area contributed by atoms with Crippen LogP contribution in [0, 0.1) is 44.5 Å². The molecule has 1 aromatic carbocycles. The molecule has 0 aromatic heterocycles. The highest BCUT2D eigenvalue weighted by molar-refractivity contribution is 6.61. The first kappa shape index (κ1) is 14.6. The van der Waals surface area contributed by atoms with E-state index in [0.29, 0.717) is 12.5 Å². The van der Waals surface area contributed by atoms with Crippen molar-refractivity contribution < 1.29 is 13.3 Å². The average Bonchev–Trinajstić information content (AvgIpc) is 2.39. The Balaban J connectivity index is 2.84. The molecule has 0 spiro atoms. The second-order valence-corrected chi connectivity index (χ2v) is 6.25. The highest BCUT2D eigenvalue weighted by atomic mass is 28.4. The summed E-state index contributed by atoms with van der Waals surface area (Å²) in [6.07, 6.45) is 22.2. The van der Waals surface area contributed by atoms with E-state index in [2.05, 4.69) is 0 Å². The Morgan fingerprint density at radius 2 is 1.53 bits per heavy atom. The van der Waals surface area contributed by atoms with Crippen LogP contribution in [-0.4, -0.2) is 8.80 Å². The molecular formula is C15H14O3Si. The summed E-state index contributed by atoms with van der Waals surface area (Å²) in [6.45, 7) is 2.02. The van der Waals surface area contributed by atoms with Gasteiger partial charge in [-0.15, -0.1) is 0 Å². The highest BCUT2D eigenvalue weighted by Gasteiger charge is 2.48. The predicted octanol–water partition coefficient (Wildman–Crippen LogP) is 2.30. The van der Waals surface area contributed by atoms with Gasteiger partial charge in [0, 0.05) is 0 Å². The number of aryl methyl sites for hydroxylation is 2. The maximum atomic E-state index is 5.14. The van der Waals surface area contributed by atoms with Gasteiger partial charge >= 0.3 is 8.80 Å². The van der Waals surface area contributed by atoms with Crippen molar-refractivity contribution in [2.24, 2.45) is 0 Å². The van der Waals surface area contributed by atoms with E-state index in [9.17, 15) is 0 Å². The zero-order valence-corrected chi connectivity index (χ0v) is 11.7. The Morgan fingerprint density at radius 3 is 2.00 bits per heavy atom. The molecule has 0 aliphatic carbocycles. The fourth-order valence-electron chi connectivity index (χ4n) is 1.66. The molecule has 0 atom stereocenters. The van der Waals surface area contributed by atoms with Crippen LogP contribution in [0.3, 0.4) is 0 Å². The van der Waals surface area contributed by atoms with Crippen molar-refractivity contribution in [3.63, 3.8) is 0 Å². The van der Waals surface area contributed by atoms with Gasteiger partial charge in [0.15, 0.2) is 0 Å². The van der Waals surface area contributed by atoms with Crippen molar-refractivity contribution in [2.45, 2.75) is 19.4 Å². The van der Waals surface area contributed by atoms with Gasteiger partial charge < -0.3 is 13.3 Å². The molecule has 19 heavy (non-hydrogen) atoms. The fourth-order valence-corrected chi connectivity index (χ4v) is 3.21. The first-order valence-corrected chi connectivity index (χ1v) is 7.56. The predicted molar refractivity (Wildman–Crippen MR) is 75.2 cm³/mol. The van der Waals surface area contributed by atoms with E-state index in [0.717, 1.165) is 11.1 Å². The van der Waals surface area contributed by atoms with E-state index in [-0.39, 0.29) is 0 Å². The number of benzene rings is 1. The maximum absolute atomic E-state index is 5.14. The summed E-state index contributed by atoms with van der Waals surface area (Å²) in [6, 6.07) is 8.37. The first-order chi connectivity index (χ1) is 9.17. The van der Waals surface area contributed by atoms with Crippen molar-refractivity contribution in [1.29, 1.82) is 0 Å². The molecule has 3 nitrogen and oxygen atoms in total. The van der Waals surface area contributed by atoms with Crippen molar-refractivity contribution in [1.82, 2.24) is 0 Å². The molecule has 0 amide bonds. The van der Waals surface area contributed by atoms with Gasteiger partial charge in [-0.25, -0.2) is 0 Å². The quantitative estimate of drug-likeness (QED) is 0.586. The van der Waals surface area contributed by atoms with Gasteiger partial charge in [-0.05, 0) is 24.5 Å². The Labute approximate surface area is 115 Å². The second-order valence-electron chi connectivity index (χ2n) is 3.77. The first-order valence-electron chi connectivity index (χ1n) is 5.63. The van der Waals surface area contributed by atoms with Crippen molar-refractivity contribution >= 4 is 8.80 Å². The topological polar surface area (TPSA) is 27.7 Å². The van der Waals surface area contributed by atoms with Crippen LogP contribution in [0.15, 0.2) is 24.3 Å². The molecule has 1 aromatic rings. The van der Waals surface area contributed by atoms with Crippen molar-refractivity contribution in [2.75, 3.05) is 0 Å². The van der Waals surface area contributed by atoms with Gasteiger partial charge in [0.1, 0.15) is 0 Å². The van der Waals surface area contributed by atoms with Crippen LogP contribution in [0.4, 0.5) is 0 Å². The van der Waals surface area contributed by atoms with Gasteiger partial charge in [0.2, 0.25) is 0 Å². The number of hydrogen-bond acceptors (Lipinski definition) is 3. The largest absolute Gasteiger partial charge is 0.725 e. The fraction of sp³-hybridized carbons (Fsp3) is 0.200. The molecule has 0 radical (unpaired) electrons. The molecular weight excluding hydrogens is 256 g/mol. The summed E-state index contributed by atoms with van der Waals surface area (Å²) < 4.78 is 15.3. The summed E-state index contributed by atoms with van der Waals surface area (Å²) in [5, 5.41) is 0. The average molecular weight is 270 g/mol. The van der Waals surface area contributed by atoms with Crippen molar-refractivity contribution in [3.8, 4) is 37.6 Å². The molecule has 0 N–H and O–H groups in total. The second kappa shape index (κ2) is 7.06. The van der Waals surface area contributed by atoms with Crippen LogP contribution in [0.2, 0.25) is 6.04 Å². The lowest BCUT2D eigenvalue weighted by atomic mass is 10.1. The van der Waals surface area contributed by atoms with Gasteiger partial charge in [-0.3, -0.25) is 0 Å². The summed E-state index contributed by atoms with van der Waals surface area (Å²) in [4.78, 5) is 0. The third kappa shape index (κ3) is 4.03. The van der Waals surface area contributed by atoms with Crippen LogP contribution in [-0.2, 0) is 19.7 Å². The van der Waals surface area contributed by atoms with Gasteiger partial charge in [-0.2, -0.15) is 0 Å². The molecule has 0 heterocycles. The smallest absolute Gasteiger partial charge is 0.432 e. The third-order valence-electron chi connectivity index (χ3n) is 2.61. The molecule has 0 bridgehead atoms. The maximum Gasteiger partial charge on any atom is 0.725 e. The number of terminal acetylenes is 3. The van der Waals surface area contributed by atoms with Crippen LogP contribution in [0.5, 0.6) is 0 Å². The molecule has 96 valence electrons. The Kier molecular flexibility index (Phi) is 5.42. The van der Waals surface area contributed by atoms with Crippen LogP contribution in [0.1, 0.15) is 11.1 Å². The lowest BCUT2D eigenvalue weighted by Crippen LogP contribution is -2.42. The van der Waals surface area contributed by atoms with E-state index in [4.69, 9.17) is 32.5 Å². The number of rotatable bonds is 6. The minimum Gasteiger partial charge on any atom is -0.432 e. The summed E-state index contributed by atoms with van der Waals surface area (Å²) in [7, 11) is -3.21. The van der Waals surface area contributed by atoms with E-state index in [1.54, 1.807) is 0 Å². The molecule has 0 saturated carbocycles. The summed E-state index contributed by atoms with van der Waals surface area (Å²) in [5.41, 5.74) is 2.30.